The molecule has 1 aromatic heterocycles. The Balaban J connectivity index is 1.38. The lowest BCUT2D eigenvalue weighted by molar-refractivity contribution is 0.152. The molecule has 0 amide bonds. The van der Waals surface area contributed by atoms with Gasteiger partial charge in [0.15, 0.2) is 0 Å². The fourth-order valence-electron chi connectivity index (χ4n) is 4.35. The van der Waals surface area contributed by atoms with Gasteiger partial charge in [0, 0.05) is 29.2 Å². The molecular weight excluding hydrogens is 372 g/mol. The number of fused-ring (bicyclic) bond motifs is 1. The van der Waals surface area contributed by atoms with Crippen molar-refractivity contribution in [2.75, 3.05) is 13.2 Å². The first-order chi connectivity index (χ1) is 14.8. The molecule has 152 valence electrons. The van der Waals surface area contributed by atoms with E-state index in [0.29, 0.717) is 6.04 Å². The second kappa shape index (κ2) is 8.34. The molecule has 4 aromatic rings. The minimum Gasteiger partial charge on any atom is -0.457 e. The van der Waals surface area contributed by atoms with Gasteiger partial charge in [0.2, 0.25) is 0 Å². The Hall–Kier alpha value is -3.08. The molecule has 2 heterocycles. The standard InChI is InChI=1S/C26H26N2O2/c29-18-23-7-5-13-28(23)17-22-15-21-14-20(11-12-26(21)27-22)19-6-4-10-25(16-19)30-24-8-2-1-3-9-24/h1-4,6,8-12,14-16,23,27,29H,5,7,13,17-18H2/t23-/m1/s1. The van der Waals surface area contributed by atoms with Gasteiger partial charge in [0.25, 0.3) is 0 Å². The number of benzene rings is 3. The van der Waals surface area contributed by atoms with E-state index in [1.54, 1.807) is 0 Å². The predicted octanol–water partition coefficient (Wildman–Crippen LogP) is 5.58. The molecule has 1 aliphatic rings. The van der Waals surface area contributed by atoms with Gasteiger partial charge in [-0.2, -0.15) is 0 Å². The summed E-state index contributed by atoms with van der Waals surface area (Å²) in [6, 6.07) is 27.1. The van der Waals surface area contributed by atoms with Crippen molar-refractivity contribution >= 4 is 10.9 Å². The summed E-state index contributed by atoms with van der Waals surface area (Å²) in [5.41, 5.74) is 4.64. The summed E-state index contributed by atoms with van der Waals surface area (Å²) in [5, 5.41) is 10.8. The number of hydrogen-bond donors (Lipinski definition) is 2. The molecule has 2 N–H and O–H groups in total. The maximum Gasteiger partial charge on any atom is 0.128 e. The summed E-state index contributed by atoms with van der Waals surface area (Å²) in [4.78, 5) is 5.91. The SMILES string of the molecule is OC[C@H]1CCCN1Cc1cc2cc(-c3cccc(Oc4ccccc4)c3)ccc2[nH]1. The zero-order valence-electron chi connectivity index (χ0n) is 16.9. The van der Waals surface area contributed by atoms with Crippen LogP contribution in [0.25, 0.3) is 22.0 Å². The van der Waals surface area contributed by atoms with Crippen molar-refractivity contribution < 1.29 is 9.84 Å². The third-order valence-electron chi connectivity index (χ3n) is 5.91. The van der Waals surface area contributed by atoms with Crippen LogP contribution in [0.4, 0.5) is 0 Å². The lowest BCUT2D eigenvalue weighted by Gasteiger charge is -2.21. The number of rotatable bonds is 6. The number of nitrogens with one attached hydrogen (secondary N) is 1. The minimum atomic E-state index is 0.242. The Morgan fingerprint density at radius 2 is 1.73 bits per heavy atom. The largest absolute Gasteiger partial charge is 0.457 e. The van der Waals surface area contributed by atoms with E-state index >= 15 is 0 Å². The van der Waals surface area contributed by atoms with Crippen LogP contribution in [0.15, 0.2) is 78.9 Å². The van der Waals surface area contributed by atoms with Crippen LogP contribution in [-0.4, -0.2) is 34.2 Å². The second-order valence-corrected chi connectivity index (χ2v) is 7.99. The number of aromatic nitrogens is 1. The summed E-state index contributed by atoms with van der Waals surface area (Å²) in [5.74, 6) is 1.67. The van der Waals surface area contributed by atoms with Gasteiger partial charge in [-0.1, -0.05) is 36.4 Å². The van der Waals surface area contributed by atoms with E-state index in [9.17, 15) is 5.11 Å². The molecule has 0 radical (unpaired) electrons. The van der Waals surface area contributed by atoms with Crippen LogP contribution in [0.1, 0.15) is 18.5 Å². The van der Waals surface area contributed by atoms with Gasteiger partial charge >= 0.3 is 0 Å². The Morgan fingerprint density at radius 1 is 0.900 bits per heavy atom. The number of aliphatic hydroxyl groups is 1. The minimum absolute atomic E-state index is 0.242. The zero-order valence-corrected chi connectivity index (χ0v) is 16.9. The van der Waals surface area contributed by atoms with E-state index in [-0.39, 0.29) is 6.61 Å². The Kier molecular flexibility index (Phi) is 5.26. The first kappa shape index (κ1) is 18.9. The number of nitrogens with zero attached hydrogens (tertiary/aromatic N) is 1. The van der Waals surface area contributed by atoms with Crippen LogP contribution in [-0.2, 0) is 6.54 Å². The van der Waals surface area contributed by atoms with Crippen molar-refractivity contribution in [2.45, 2.75) is 25.4 Å². The Bertz CT molecular complexity index is 1140. The van der Waals surface area contributed by atoms with E-state index in [4.69, 9.17) is 4.74 Å². The van der Waals surface area contributed by atoms with Gasteiger partial charge in [0.05, 0.1) is 6.61 Å². The first-order valence-electron chi connectivity index (χ1n) is 10.6. The third kappa shape index (κ3) is 3.97. The maximum atomic E-state index is 9.57. The molecule has 1 atom stereocenters. The van der Waals surface area contributed by atoms with Crippen molar-refractivity contribution in [3.63, 3.8) is 0 Å². The lowest BCUT2D eigenvalue weighted by Crippen LogP contribution is -2.31. The van der Waals surface area contributed by atoms with Crippen LogP contribution in [0, 0.1) is 0 Å². The topological polar surface area (TPSA) is 48.5 Å². The van der Waals surface area contributed by atoms with Crippen LogP contribution in [0.2, 0.25) is 0 Å². The summed E-state index contributed by atoms with van der Waals surface area (Å²) < 4.78 is 6.00. The second-order valence-electron chi connectivity index (χ2n) is 7.99. The monoisotopic (exact) mass is 398 g/mol. The van der Waals surface area contributed by atoms with Crippen molar-refractivity contribution in [3.05, 3.63) is 84.6 Å². The van der Waals surface area contributed by atoms with Crippen LogP contribution >= 0.6 is 0 Å². The number of para-hydroxylation sites is 1. The van der Waals surface area contributed by atoms with Gasteiger partial charge in [-0.25, -0.2) is 0 Å². The van der Waals surface area contributed by atoms with Crippen molar-refractivity contribution in [3.8, 4) is 22.6 Å². The maximum absolute atomic E-state index is 9.57. The van der Waals surface area contributed by atoms with E-state index in [1.165, 1.54) is 16.6 Å². The molecule has 1 fully saturated rings. The number of H-pyrrole nitrogens is 1. The molecule has 0 aliphatic carbocycles. The molecule has 0 spiro atoms. The first-order valence-corrected chi connectivity index (χ1v) is 10.6. The summed E-state index contributed by atoms with van der Waals surface area (Å²) >= 11 is 0. The highest BCUT2D eigenvalue weighted by Crippen LogP contribution is 2.30. The third-order valence-corrected chi connectivity index (χ3v) is 5.91. The van der Waals surface area contributed by atoms with Gasteiger partial charge < -0.3 is 14.8 Å². The van der Waals surface area contributed by atoms with E-state index < -0.39 is 0 Å². The number of aliphatic hydroxyl groups excluding tert-OH is 1. The normalized spacial score (nSPS) is 16.9. The lowest BCUT2D eigenvalue weighted by atomic mass is 10.0. The van der Waals surface area contributed by atoms with Gasteiger partial charge in [-0.05, 0) is 73.0 Å². The van der Waals surface area contributed by atoms with Crippen LogP contribution in [0.3, 0.4) is 0 Å². The van der Waals surface area contributed by atoms with E-state index in [2.05, 4.69) is 46.3 Å². The molecule has 3 aromatic carbocycles. The highest BCUT2D eigenvalue weighted by Gasteiger charge is 2.24. The average Bonchev–Trinajstić information content (AvgIpc) is 3.40. The molecular formula is C26H26N2O2. The van der Waals surface area contributed by atoms with Crippen molar-refractivity contribution in [1.82, 2.24) is 9.88 Å². The molecule has 5 rings (SSSR count). The fraction of sp³-hybridized carbons (Fsp3) is 0.231. The highest BCUT2D eigenvalue weighted by atomic mass is 16.5. The van der Waals surface area contributed by atoms with Crippen molar-refractivity contribution in [1.29, 1.82) is 0 Å². The molecule has 4 heteroatoms. The predicted molar refractivity (Wildman–Crippen MR) is 121 cm³/mol. The quantitative estimate of drug-likeness (QED) is 0.445. The smallest absolute Gasteiger partial charge is 0.128 e. The van der Waals surface area contributed by atoms with E-state index in [0.717, 1.165) is 48.5 Å². The molecule has 0 bridgehead atoms. The van der Waals surface area contributed by atoms with E-state index in [1.807, 2.05) is 42.5 Å². The zero-order chi connectivity index (χ0) is 20.3. The Morgan fingerprint density at radius 3 is 2.60 bits per heavy atom. The summed E-state index contributed by atoms with van der Waals surface area (Å²) in [6.45, 7) is 2.15. The molecule has 1 aliphatic heterocycles. The number of likely N-dealkylation sites (tertiary alicyclic amines) is 1. The molecule has 0 saturated carbocycles. The van der Waals surface area contributed by atoms with Crippen LogP contribution < -0.4 is 4.74 Å². The molecule has 1 saturated heterocycles. The van der Waals surface area contributed by atoms with Crippen LogP contribution in [0.5, 0.6) is 11.5 Å². The number of aromatic amines is 1. The number of hydrogen-bond acceptors (Lipinski definition) is 3. The van der Waals surface area contributed by atoms with Gasteiger partial charge in [0.1, 0.15) is 11.5 Å². The molecule has 30 heavy (non-hydrogen) atoms. The van der Waals surface area contributed by atoms with Gasteiger partial charge in [-0.15, -0.1) is 0 Å². The highest BCUT2D eigenvalue weighted by molar-refractivity contribution is 5.86. The summed E-state index contributed by atoms with van der Waals surface area (Å²) in [6.07, 6.45) is 2.25. The average molecular weight is 399 g/mol. The molecule has 0 unspecified atom stereocenters. The fourth-order valence-corrected chi connectivity index (χ4v) is 4.35. The molecule has 4 nitrogen and oxygen atoms in total. The number of ether oxygens (including phenoxy) is 1. The summed E-state index contributed by atoms with van der Waals surface area (Å²) in [7, 11) is 0. The van der Waals surface area contributed by atoms with Gasteiger partial charge in [-0.3, -0.25) is 4.90 Å². The van der Waals surface area contributed by atoms with Crippen molar-refractivity contribution in [2.24, 2.45) is 0 Å². The Labute approximate surface area is 176 Å².